The zero-order valence-electron chi connectivity index (χ0n) is 19.0. The highest BCUT2D eigenvalue weighted by atomic mass is 19.1. The number of aromatic amines is 1. The van der Waals surface area contributed by atoms with E-state index in [1.54, 1.807) is 0 Å². The van der Waals surface area contributed by atoms with Gasteiger partial charge in [-0.15, -0.1) is 0 Å². The third kappa shape index (κ3) is 4.86. The number of nitrogens with zero attached hydrogens (tertiary/aromatic N) is 1. The largest absolute Gasteiger partial charge is 0.493 e. The first-order chi connectivity index (χ1) is 16.8. The smallest absolute Gasteiger partial charge is 0.258 e. The van der Waals surface area contributed by atoms with Gasteiger partial charge in [0.15, 0.2) is 11.5 Å². The Labute approximate surface area is 198 Å². The fraction of sp³-hybridized carbons (Fsp3) is 0.217. The number of halogens is 1. The van der Waals surface area contributed by atoms with Crippen LogP contribution in [0.3, 0.4) is 0 Å². The lowest BCUT2D eigenvalue weighted by Gasteiger charge is -2.24. The molecule has 1 aliphatic heterocycles. The molecule has 2 amide bonds. The lowest BCUT2D eigenvalue weighted by atomic mass is 9.92. The van der Waals surface area contributed by atoms with Gasteiger partial charge in [-0.05, 0) is 24.3 Å². The van der Waals surface area contributed by atoms with Crippen LogP contribution >= 0.6 is 0 Å². The molecule has 2 aromatic carbocycles. The second-order valence-corrected chi connectivity index (χ2v) is 7.52. The summed E-state index contributed by atoms with van der Waals surface area (Å²) in [7, 11) is 4.33. The molecule has 0 radical (unpaired) electrons. The predicted octanol–water partition coefficient (Wildman–Crippen LogP) is 2.74. The molecule has 0 spiro atoms. The van der Waals surface area contributed by atoms with Crippen molar-refractivity contribution in [3.63, 3.8) is 0 Å². The number of methoxy groups -OCH3 is 3. The van der Waals surface area contributed by atoms with Gasteiger partial charge in [0.25, 0.3) is 5.56 Å². The topological polar surface area (TPSA) is 144 Å². The van der Waals surface area contributed by atoms with Crippen molar-refractivity contribution >= 4 is 35.0 Å². The molecule has 1 aromatic heterocycles. The highest BCUT2D eigenvalue weighted by molar-refractivity contribution is 6.04. The van der Waals surface area contributed by atoms with E-state index in [9.17, 15) is 18.8 Å². The van der Waals surface area contributed by atoms with Crippen molar-refractivity contribution in [1.82, 2.24) is 9.97 Å². The number of ether oxygens (including phenoxy) is 3. The Bertz CT molecular complexity index is 1320. The Balaban J connectivity index is 1.64. The normalized spacial score (nSPS) is 14.4. The van der Waals surface area contributed by atoms with E-state index in [2.05, 4.69) is 25.9 Å². The van der Waals surface area contributed by atoms with Crippen molar-refractivity contribution in [2.45, 2.75) is 12.3 Å². The number of fused-ring (bicyclic) bond motifs is 1. The molecule has 11 nitrogen and oxygen atoms in total. The van der Waals surface area contributed by atoms with Gasteiger partial charge in [0.05, 0.1) is 32.8 Å². The van der Waals surface area contributed by atoms with Crippen LogP contribution in [-0.2, 0) is 9.59 Å². The number of aromatic nitrogens is 2. The SMILES string of the molecule is COc1cc(NC(=O)C2CC(=O)Nc3nc(Nc4ccc(F)cc4)[nH]c(=O)c32)cc(OC)c1OC. The average molecular weight is 483 g/mol. The molecule has 0 aliphatic carbocycles. The van der Waals surface area contributed by atoms with Crippen molar-refractivity contribution in [3.8, 4) is 17.2 Å². The molecule has 1 unspecified atom stereocenters. The van der Waals surface area contributed by atoms with Crippen molar-refractivity contribution in [3.05, 3.63) is 58.1 Å². The Hall–Kier alpha value is -4.61. The molecule has 3 aromatic rings. The predicted molar refractivity (Wildman–Crippen MR) is 125 cm³/mol. The molecular formula is C23H22FN5O6. The summed E-state index contributed by atoms with van der Waals surface area (Å²) in [6, 6.07) is 8.46. The summed E-state index contributed by atoms with van der Waals surface area (Å²) >= 11 is 0. The number of benzene rings is 2. The molecule has 12 heteroatoms. The van der Waals surface area contributed by atoms with Crippen LogP contribution in [0.2, 0.25) is 0 Å². The summed E-state index contributed by atoms with van der Waals surface area (Å²) < 4.78 is 29.0. The number of rotatable bonds is 7. The minimum absolute atomic E-state index is 0.0131. The molecule has 2 heterocycles. The Morgan fingerprint density at radius 3 is 2.29 bits per heavy atom. The van der Waals surface area contributed by atoms with Gasteiger partial charge in [-0.25, -0.2) is 4.39 Å². The van der Waals surface area contributed by atoms with E-state index < -0.39 is 29.1 Å². The summed E-state index contributed by atoms with van der Waals surface area (Å²) in [5.41, 5.74) is 0.188. The lowest BCUT2D eigenvalue weighted by molar-refractivity contribution is -0.123. The number of carbonyl (C=O) groups is 2. The Morgan fingerprint density at radius 1 is 1.03 bits per heavy atom. The number of H-pyrrole nitrogens is 1. The summed E-state index contributed by atoms with van der Waals surface area (Å²) in [6.45, 7) is 0. The molecule has 1 atom stereocenters. The average Bonchev–Trinajstić information content (AvgIpc) is 2.83. The molecule has 182 valence electrons. The van der Waals surface area contributed by atoms with Gasteiger partial charge in [-0.1, -0.05) is 0 Å². The third-order valence-electron chi connectivity index (χ3n) is 5.31. The second kappa shape index (κ2) is 9.71. The summed E-state index contributed by atoms with van der Waals surface area (Å²) in [6.07, 6.45) is -0.251. The highest BCUT2D eigenvalue weighted by Crippen LogP contribution is 2.40. The van der Waals surface area contributed by atoms with Crippen LogP contribution in [0.5, 0.6) is 17.2 Å². The van der Waals surface area contributed by atoms with E-state index in [1.807, 2.05) is 0 Å². The number of nitrogens with one attached hydrogen (secondary N) is 4. The molecule has 4 rings (SSSR count). The number of carbonyl (C=O) groups excluding carboxylic acids is 2. The monoisotopic (exact) mass is 483 g/mol. The summed E-state index contributed by atoms with van der Waals surface area (Å²) in [5, 5.41) is 8.06. The Morgan fingerprint density at radius 2 is 1.69 bits per heavy atom. The number of anilines is 4. The fourth-order valence-corrected chi connectivity index (χ4v) is 3.71. The zero-order valence-corrected chi connectivity index (χ0v) is 19.0. The summed E-state index contributed by atoms with van der Waals surface area (Å²) in [4.78, 5) is 45.2. The molecule has 0 fully saturated rings. The first-order valence-corrected chi connectivity index (χ1v) is 10.4. The number of amides is 2. The van der Waals surface area contributed by atoms with Crippen LogP contribution in [0.15, 0.2) is 41.2 Å². The molecule has 35 heavy (non-hydrogen) atoms. The van der Waals surface area contributed by atoms with Crippen LogP contribution in [0.1, 0.15) is 17.9 Å². The first-order valence-electron chi connectivity index (χ1n) is 10.4. The van der Waals surface area contributed by atoms with Crippen LogP contribution in [-0.4, -0.2) is 43.1 Å². The molecule has 1 aliphatic rings. The maximum atomic E-state index is 13.2. The van der Waals surface area contributed by atoms with Crippen LogP contribution < -0.4 is 35.7 Å². The van der Waals surface area contributed by atoms with Crippen LogP contribution in [0.4, 0.5) is 27.5 Å². The van der Waals surface area contributed by atoms with E-state index in [-0.39, 0.29) is 23.8 Å². The lowest BCUT2D eigenvalue weighted by Crippen LogP contribution is -2.36. The highest BCUT2D eigenvalue weighted by Gasteiger charge is 2.35. The maximum absolute atomic E-state index is 13.2. The minimum Gasteiger partial charge on any atom is -0.493 e. The maximum Gasteiger partial charge on any atom is 0.258 e. The van der Waals surface area contributed by atoms with E-state index in [0.717, 1.165) is 0 Å². The minimum atomic E-state index is -1.10. The fourth-order valence-electron chi connectivity index (χ4n) is 3.71. The molecule has 0 saturated heterocycles. The number of hydrogen-bond donors (Lipinski definition) is 4. The van der Waals surface area contributed by atoms with E-state index >= 15 is 0 Å². The standard InChI is InChI=1S/C23H22FN5O6/c1-33-15-8-13(9-16(34-2)19(15)35-3)25-21(31)14-10-17(30)27-20-18(14)22(32)29-23(28-20)26-12-6-4-11(24)5-7-12/h4-9,14H,10H2,1-3H3,(H,25,31)(H3,26,27,28,29,30,32). The van der Waals surface area contributed by atoms with Crippen molar-refractivity contribution < 1.29 is 28.2 Å². The van der Waals surface area contributed by atoms with Gasteiger partial charge in [0.2, 0.25) is 23.5 Å². The van der Waals surface area contributed by atoms with Crippen molar-refractivity contribution in [1.29, 1.82) is 0 Å². The van der Waals surface area contributed by atoms with Gasteiger partial charge in [-0.3, -0.25) is 19.4 Å². The number of hydrogen-bond acceptors (Lipinski definition) is 8. The first kappa shape index (κ1) is 23.5. The molecule has 4 N–H and O–H groups in total. The third-order valence-corrected chi connectivity index (χ3v) is 5.31. The van der Waals surface area contributed by atoms with E-state index in [4.69, 9.17) is 14.2 Å². The van der Waals surface area contributed by atoms with E-state index in [1.165, 1.54) is 57.7 Å². The van der Waals surface area contributed by atoms with Gasteiger partial charge < -0.3 is 30.2 Å². The quantitative estimate of drug-likeness (QED) is 0.402. The van der Waals surface area contributed by atoms with Gasteiger partial charge >= 0.3 is 0 Å². The van der Waals surface area contributed by atoms with Crippen LogP contribution in [0, 0.1) is 5.82 Å². The zero-order chi connectivity index (χ0) is 25.1. The van der Waals surface area contributed by atoms with Gasteiger partial charge in [0, 0.05) is 29.9 Å². The van der Waals surface area contributed by atoms with Crippen molar-refractivity contribution in [2.75, 3.05) is 37.3 Å². The Kier molecular flexibility index (Phi) is 6.53. The van der Waals surface area contributed by atoms with Crippen LogP contribution in [0.25, 0.3) is 0 Å². The van der Waals surface area contributed by atoms with Gasteiger partial charge in [0.1, 0.15) is 11.6 Å². The molecule has 0 saturated carbocycles. The van der Waals surface area contributed by atoms with E-state index in [0.29, 0.717) is 28.6 Å². The summed E-state index contributed by atoms with van der Waals surface area (Å²) in [5.74, 6) is -1.64. The second-order valence-electron chi connectivity index (χ2n) is 7.52. The van der Waals surface area contributed by atoms with Gasteiger partial charge in [-0.2, -0.15) is 4.98 Å². The molecule has 0 bridgehead atoms. The van der Waals surface area contributed by atoms with Crippen molar-refractivity contribution in [2.24, 2.45) is 0 Å². The molecular weight excluding hydrogens is 461 g/mol.